The van der Waals surface area contributed by atoms with E-state index in [-0.39, 0.29) is 5.97 Å². The predicted molar refractivity (Wildman–Crippen MR) is 67.9 cm³/mol. The van der Waals surface area contributed by atoms with Crippen molar-refractivity contribution in [3.63, 3.8) is 0 Å². The molecule has 0 saturated carbocycles. The molecule has 0 bridgehead atoms. The number of nitrogens with one attached hydrogen (secondary N) is 1. The van der Waals surface area contributed by atoms with Crippen molar-refractivity contribution in [2.75, 3.05) is 25.2 Å². The Morgan fingerprint density at radius 3 is 2.44 bits per heavy atom. The van der Waals surface area contributed by atoms with Crippen LogP contribution in [0.1, 0.15) is 26.2 Å². The molecule has 0 spiro atoms. The molecule has 0 aromatic heterocycles. The van der Waals surface area contributed by atoms with Gasteiger partial charge in [0.25, 0.3) is 0 Å². The van der Waals surface area contributed by atoms with Gasteiger partial charge in [-0.15, -0.1) is 0 Å². The van der Waals surface area contributed by atoms with E-state index in [9.17, 15) is 13.2 Å². The molecule has 2 heterocycles. The molecular weight excluding hydrogens is 254 g/mol. The van der Waals surface area contributed by atoms with Crippen LogP contribution in [0.4, 0.5) is 0 Å². The molecule has 5 nitrogen and oxygen atoms in total. The lowest BCUT2D eigenvalue weighted by molar-refractivity contribution is -0.147. The number of esters is 1. The molecule has 2 aliphatic heterocycles. The van der Waals surface area contributed by atoms with Gasteiger partial charge in [-0.05, 0) is 44.6 Å². The Bertz CT molecular complexity index is 419. The summed E-state index contributed by atoms with van der Waals surface area (Å²) >= 11 is 0. The van der Waals surface area contributed by atoms with E-state index < -0.39 is 15.4 Å². The summed E-state index contributed by atoms with van der Waals surface area (Å²) in [4.78, 5) is 11.7. The van der Waals surface area contributed by atoms with Gasteiger partial charge in [0, 0.05) is 0 Å². The van der Waals surface area contributed by atoms with Gasteiger partial charge in [0.05, 0.1) is 18.6 Å². The first-order chi connectivity index (χ1) is 8.36. The highest BCUT2D eigenvalue weighted by Crippen LogP contribution is 2.35. The molecule has 0 amide bonds. The summed E-state index contributed by atoms with van der Waals surface area (Å²) in [5.74, 6) is 1.15. The minimum absolute atomic E-state index is 0.228. The minimum atomic E-state index is -2.81. The third-order valence-corrected chi connectivity index (χ3v) is 6.04. The topological polar surface area (TPSA) is 72.5 Å². The highest BCUT2D eigenvalue weighted by Gasteiger charge is 2.45. The van der Waals surface area contributed by atoms with Gasteiger partial charge in [-0.1, -0.05) is 0 Å². The molecule has 0 aliphatic carbocycles. The Morgan fingerprint density at radius 2 is 1.89 bits per heavy atom. The van der Waals surface area contributed by atoms with Crippen molar-refractivity contribution in [2.24, 2.45) is 11.8 Å². The largest absolute Gasteiger partial charge is 0.468 e. The van der Waals surface area contributed by atoms with Gasteiger partial charge in [0.2, 0.25) is 0 Å². The maximum atomic E-state index is 11.7. The fourth-order valence-corrected chi connectivity index (χ4v) is 4.65. The average molecular weight is 275 g/mol. The van der Waals surface area contributed by atoms with Crippen molar-refractivity contribution in [1.29, 1.82) is 0 Å². The van der Waals surface area contributed by atoms with E-state index >= 15 is 0 Å². The van der Waals surface area contributed by atoms with Crippen LogP contribution in [0.5, 0.6) is 0 Å². The van der Waals surface area contributed by atoms with E-state index in [0.29, 0.717) is 23.3 Å². The number of ether oxygens (including phenoxy) is 1. The van der Waals surface area contributed by atoms with Crippen molar-refractivity contribution >= 4 is 15.8 Å². The Labute approximate surface area is 108 Å². The Morgan fingerprint density at radius 1 is 1.28 bits per heavy atom. The number of methoxy groups -OCH3 is 1. The average Bonchev–Trinajstić information content (AvgIpc) is 2.72. The quantitative estimate of drug-likeness (QED) is 0.736. The summed E-state index contributed by atoms with van der Waals surface area (Å²) in [5.41, 5.74) is -0.601. The van der Waals surface area contributed by atoms with Crippen LogP contribution in [-0.2, 0) is 19.4 Å². The standard InChI is InChI=1S/C12H21NO4S/c1-12(11(14)17-2)7-10(8-13-12)9-3-5-18(15,16)6-4-9/h9-10,13H,3-8H2,1-2H3. The lowest BCUT2D eigenvalue weighted by atomic mass is 9.83. The number of rotatable bonds is 2. The molecule has 2 saturated heterocycles. The first-order valence-corrected chi connectivity index (χ1v) is 8.22. The van der Waals surface area contributed by atoms with Crippen molar-refractivity contribution < 1.29 is 17.9 Å². The van der Waals surface area contributed by atoms with E-state index in [0.717, 1.165) is 25.8 Å². The molecule has 0 radical (unpaired) electrons. The van der Waals surface area contributed by atoms with E-state index in [2.05, 4.69) is 5.32 Å². The lowest BCUT2D eigenvalue weighted by Gasteiger charge is -2.27. The lowest BCUT2D eigenvalue weighted by Crippen LogP contribution is -2.45. The van der Waals surface area contributed by atoms with Crippen molar-refractivity contribution in [3.05, 3.63) is 0 Å². The fraction of sp³-hybridized carbons (Fsp3) is 0.917. The predicted octanol–water partition coefficient (Wildman–Crippen LogP) is 0.352. The van der Waals surface area contributed by atoms with Crippen LogP contribution in [0.3, 0.4) is 0 Å². The number of carbonyl (C=O) groups excluding carboxylic acids is 1. The molecule has 1 N–H and O–H groups in total. The zero-order valence-corrected chi connectivity index (χ0v) is 11.8. The van der Waals surface area contributed by atoms with Crippen molar-refractivity contribution in [3.8, 4) is 0 Å². The summed E-state index contributed by atoms with van der Waals surface area (Å²) in [7, 11) is -1.41. The van der Waals surface area contributed by atoms with Crippen molar-refractivity contribution in [1.82, 2.24) is 5.32 Å². The van der Waals surface area contributed by atoms with Crippen LogP contribution in [0, 0.1) is 11.8 Å². The third-order valence-electron chi connectivity index (χ3n) is 4.33. The normalized spacial score (nSPS) is 36.4. The first kappa shape index (κ1) is 13.8. The maximum Gasteiger partial charge on any atom is 0.325 e. The van der Waals surface area contributed by atoms with Crippen LogP contribution in [0.15, 0.2) is 0 Å². The summed E-state index contributed by atoms with van der Waals surface area (Å²) in [5, 5.41) is 3.23. The molecule has 104 valence electrons. The summed E-state index contributed by atoms with van der Waals surface area (Å²) < 4.78 is 27.6. The summed E-state index contributed by atoms with van der Waals surface area (Å²) in [6.45, 7) is 2.63. The van der Waals surface area contributed by atoms with E-state index in [1.807, 2.05) is 6.92 Å². The monoisotopic (exact) mass is 275 g/mol. The number of hydrogen-bond acceptors (Lipinski definition) is 5. The number of carbonyl (C=O) groups is 1. The molecule has 2 unspecified atom stereocenters. The Kier molecular flexibility index (Phi) is 3.69. The summed E-state index contributed by atoms with van der Waals surface area (Å²) in [6, 6.07) is 0. The molecule has 2 rings (SSSR count). The maximum absolute atomic E-state index is 11.7. The zero-order valence-electron chi connectivity index (χ0n) is 10.9. The van der Waals surface area contributed by atoms with E-state index in [1.54, 1.807) is 0 Å². The van der Waals surface area contributed by atoms with E-state index in [4.69, 9.17) is 4.74 Å². The zero-order chi connectivity index (χ0) is 13.4. The number of sulfone groups is 1. The summed E-state index contributed by atoms with van der Waals surface area (Å²) in [6.07, 6.45) is 2.20. The van der Waals surface area contributed by atoms with Crippen LogP contribution >= 0.6 is 0 Å². The smallest absolute Gasteiger partial charge is 0.325 e. The van der Waals surface area contributed by atoms with Crippen molar-refractivity contribution in [2.45, 2.75) is 31.7 Å². The second kappa shape index (κ2) is 4.81. The van der Waals surface area contributed by atoms with Gasteiger partial charge in [-0.25, -0.2) is 8.42 Å². The van der Waals surface area contributed by atoms with Gasteiger partial charge < -0.3 is 10.1 Å². The number of hydrogen-bond donors (Lipinski definition) is 1. The Balaban J connectivity index is 1.96. The van der Waals surface area contributed by atoms with Crippen LogP contribution in [0.25, 0.3) is 0 Å². The highest BCUT2D eigenvalue weighted by atomic mass is 32.2. The van der Waals surface area contributed by atoms with Crippen LogP contribution in [0.2, 0.25) is 0 Å². The molecule has 2 atom stereocenters. The third kappa shape index (κ3) is 2.69. The second-order valence-corrected chi connectivity index (χ2v) is 7.96. The molecule has 0 aromatic carbocycles. The van der Waals surface area contributed by atoms with Gasteiger partial charge >= 0.3 is 5.97 Å². The second-order valence-electron chi connectivity index (χ2n) is 5.66. The molecule has 2 aliphatic rings. The van der Waals surface area contributed by atoms with E-state index in [1.165, 1.54) is 7.11 Å². The van der Waals surface area contributed by atoms with Gasteiger partial charge in [0.15, 0.2) is 0 Å². The van der Waals surface area contributed by atoms with Crippen LogP contribution < -0.4 is 5.32 Å². The fourth-order valence-electron chi connectivity index (χ4n) is 3.12. The molecule has 18 heavy (non-hydrogen) atoms. The van der Waals surface area contributed by atoms with Crippen LogP contribution in [-0.4, -0.2) is 45.1 Å². The molecular formula is C12H21NO4S. The molecule has 0 aromatic rings. The minimum Gasteiger partial charge on any atom is -0.468 e. The SMILES string of the molecule is COC(=O)C1(C)CC(C2CCS(=O)(=O)CC2)CN1. The van der Waals surface area contributed by atoms with Gasteiger partial charge in [-0.3, -0.25) is 4.79 Å². The Hall–Kier alpha value is -0.620. The first-order valence-electron chi connectivity index (χ1n) is 6.40. The van der Waals surface area contributed by atoms with Gasteiger partial charge in [0.1, 0.15) is 15.4 Å². The molecule has 2 fully saturated rings. The molecule has 6 heteroatoms. The van der Waals surface area contributed by atoms with Gasteiger partial charge in [-0.2, -0.15) is 0 Å². The highest BCUT2D eigenvalue weighted by molar-refractivity contribution is 7.91.